The molecule has 0 atom stereocenters. The monoisotopic (exact) mass is 324 g/mol. The fourth-order valence-corrected chi connectivity index (χ4v) is 2.38. The molecule has 0 spiro atoms. The lowest BCUT2D eigenvalue weighted by Gasteiger charge is -2.06. The SMILES string of the molecule is O=C(NNC(=O)c1cc2ccccc2o1)c1ccc2c(c1)OCO2. The Morgan fingerprint density at radius 1 is 0.875 bits per heavy atom. The summed E-state index contributed by atoms with van der Waals surface area (Å²) in [6.07, 6.45) is 0. The first-order valence-electron chi connectivity index (χ1n) is 7.19. The number of rotatable bonds is 2. The van der Waals surface area contributed by atoms with Gasteiger partial charge in [-0.25, -0.2) is 0 Å². The van der Waals surface area contributed by atoms with E-state index in [0.29, 0.717) is 22.6 Å². The zero-order chi connectivity index (χ0) is 16.5. The van der Waals surface area contributed by atoms with Crippen LogP contribution in [0, 0.1) is 0 Å². The third-order valence-corrected chi connectivity index (χ3v) is 3.57. The van der Waals surface area contributed by atoms with Crippen LogP contribution in [0.25, 0.3) is 11.0 Å². The second-order valence-electron chi connectivity index (χ2n) is 5.12. The Kier molecular flexibility index (Phi) is 3.31. The highest BCUT2D eigenvalue weighted by molar-refractivity contribution is 6.00. The third-order valence-electron chi connectivity index (χ3n) is 3.57. The van der Waals surface area contributed by atoms with Crippen LogP contribution in [0.15, 0.2) is 52.9 Å². The molecule has 7 heteroatoms. The minimum atomic E-state index is -0.541. The number of ether oxygens (including phenoxy) is 2. The normalized spacial score (nSPS) is 12.2. The van der Waals surface area contributed by atoms with Gasteiger partial charge in [0.2, 0.25) is 6.79 Å². The number of hydrogen-bond donors (Lipinski definition) is 2. The van der Waals surface area contributed by atoms with E-state index in [-0.39, 0.29) is 12.6 Å². The molecule has 24 heavy (non-hydrogen) atoms. The van der Waals surface area contributed by atoms with Gasteiger partial charge in [0, 0.05) is 10.9 Å². The molecule has 0 radical (unpaired) electrons. The van der Waals surface area contributed by atoms with Crippen LogP contribution >= 0.6 is 0 Å². The van der Waals surface area contributed by atoms with Crippen LogP contribution < -0.4 is 20.3 Å². The average Bonchev–Trinajstić information content (AvgIpc) is 3.24. The van der Waals surface area contributed by atoms with E-state index >= 15 is 0 Å². The molecule has 2 N–H and O–H groups in total. The Balaban J connectivity index is 1.44. The lowest BCUT2D eigenvalue weighted by atomic mass is 10.2. The zero-order valence-electron chi connectivity index (χ0n) is 12.4. The van der Waals surface area contributed by atoms with E-state index in [9.17, 15) is 9.59 Å². The largest absolute Gasteiger partial charge is 0.454 e. The molecule has 7 nitrogen and oxygen atoms in total. The van der Waals surface area contributed by atoms with Crippen LogP contribution in [0.4, 0.5) is 0 Å². The minimum absolute atomic E-state index is 0.113. The molecule has 2 aromatic carbocycles. The summed E-state index contributed by atoms with van der Waals surface area (Å²) in [6.45, 7) is 0.128. The van der Waals surface area contributed by atoms with E-state index in [4.69, 9.17) is 13.9 Å². The lowest BCUT2D eigenvalue weighted by Crippen LogP contribution is -2.41. The smallest absolute Gasteiger partial charge is 0.305 e. The number of hydrazine groups is 1. The number of para-hydroxylation sites is 1. The molecule has 2 amide bonds. The molecule has 0 saturated carbocycles. The topological polar surface area (TPSA) is 89.8 Å². The van der Waals surface area contributed by atoms with E-state index in [1.165, 1.54) is 0 Å². The van der Waals surface area contributed by atoms with Gasteiger partial charge in [-0.2, -0.15) is 0 Å². The fraction of sp³-hybridized carbons (Fsp3) is 0.0588. The minimum Gasteiger partial charge on any atom is -0.454 e. The first kappa shape index (κ1) is 14.1. The van der Waals surface area contributed by atoms with Crippen molar-refractivity contribution >= 4 is 22.8 Å². The van der Waals surface area contributed by atoms with Crippen LogP contribution in [0.1, 0.15) is 20.9 Å². The summed E-state index contributed by atoms with van der Waals surface area (Å²) in [4.78, 5) is 24.2. The molecule has 1 aliphatic heterocycles. The standard InChI is InChI=1S/C17H12N2O5/c20-16(11-5-6-13-14(8-11)23-9-22-13)18-19-17(21)15-7-10-3-1-2-4-12(10)24-15/h1-8H,9H2,(H,18,20)(H,19,21). The highest BCUT2D eigenvalue weighted by atomic mass is 16.7. The Labute approximate surface area is 136 Å². The predicted molar refractivity (Wildman–Crippen MR) is 83.7 cm³/mol. The summed E-state index contributed by atoms with van der Waals surface area (Å²) in [5.41, 5.74) is 5.60. The van der Waals surface area contributed by atoms with Crippen molar-refractivity contribution < 1.29 is 23.5 Å². The van der Waals surface area contributed by atoms with Gasteiger partial charge >= 0.3 is 5.91 Å². The molecule has 0 fully saturated rings. The fourth-order valence-electron chi connectivity index (χ4n) is 2.38. The molecule has 120 valence electrons. The second kappa shape index (κ2) is 5.62. The van der Waals surface area contributed by atoms with E-state index < -0.39 is 11.8 Å². The van der Waals surface area contributed by atoms with Crippen LogP contribution in [0.2, 0.25) is 0 Å². The number of amides is 2. The molecule has 1 aromatic heterocycles. The van der Waals surface area contributed by atoms with Gasteiger partial charge in [0.1, 0.15) is 5.58 Å². The van der Waals surface area contributed by atoms with Gasteiger partial charge in [-0.05, 0) is 30.3 Å². The predicted octanol–water partition coefficient (Wildman–Crippen LogP) is 2.24. The molecule has 0 saturated heterocycles. The van der Waals surface area contributed by atoms with Gasteiger partial charge in [0.15, 0.2) is 17.3 Å². The van der Waals surface area contributed by atoms with Crippen molar-refractivity contribution in [3.05, 3.63) is 59.9 Å². The Morgan fingerprint density at radius 2 is 1.67 bits per heavy atom. The first-order valence-corrected chi connectivity index (χ1v) is 7.19. The van der Waals surface area contributed by atoms with Gasteiger partial charge < -0.3 is 13.9 Å². The molecular weight excluding hydrogens is 312 g/mol. The number of nitrogens with one attached hydrogen (secondary N) is 2. The summed E-state index contributed by atoms with van der Waals surface area (Å²) in [6, 6.07) is 13.6. The summed E-state index contributed by atoms with van der Waals surface area (Å²) >= 11 is 0. The third kappa shape index (κ3) is 2.52. The average molecular weight is 324 g/mol. The van der Waals surface area contributed by atoms with Crippen molar-refractivity contribution in [3.63, 3.8) is 0 Å². The first-order chi connectivity index (χ1) is 11.7. The Morgan fingerprint density at radius 3 is 2.54 bits per heavy atom. The van der Waals surface area contributed by atoms with E-state index in [1.54, 1.807) is 30.3 Å². The van der Waals surface area contributed by atoms with E-state index in [0.717, 1.165) is 5.39 Å². The van der Waals surface area contributed by atoms with E-state index in [2.05, 4.69) is 10.9 Å². The van der Waals surface area contributed by atoms with Crippen LogP contribution in [0.5, 0.6) is 11.5 Å². The van der Waals surface area contributed by atoms with E-state index in [1.807, 2.05) is 18.2 Å². The molecule has 0 bridgehead atoms. The molecule has 2 heterocycles. The van der Waals surface area contributed by atoms with Crippen molar-refractivity contribution in [2.75, 3.05) is 6.79 Å². The molecule has 0 unspecified atom stereocenters. The van der Waals surface area contributed by atoms with Crippen molar-refractivity contribution in [3.8, 4) is 11.5 Å². The van der Waals surface area contributed by atoms with Crippen molar-refractivity contribution in [1.29, 1.82) is 0 Å². The van der Waals surface area contributed by atoms with Crippen molar-refractivity contribution in [2.24, 2.45) is 0 Å². The van der Waals surface area contributed by atoms with Crippen LogP contribution in [-0.2, 0) is 0 Å². The number of carbonyl (C=O) groups excluding carboxylic acids is 2. The highest BCUT2D eigenvalue weighted by Gasteiger charge is 2.17. The number of furan rings is 1. The lowest BCUT2D eigenvalue weighted by molar-refractivity contribution is 0.0832. The number of carbonyl (C=O) groups is 2. The Hall–Kier alpha value is -3.48. The molecule has 0 aliphatic carbocycles. The number of fused-ring (bicyclic) bond motifs is 2. The van der Waals surface area contributed by atoms with Gasteiger partial charge in [0.05, 0.1) is 0 Å². The van der Waals surface area contributed by atoms with Crippen molar-refractivity contribution in [2.45, 2.75) is 0 Å². The van der Waals surface area contributed by atoms with Gasteiger partial charge in [-0.15, -0.1) is 0 Å². The second-order valence-corrected chi connectivity index (χ2v) is 5.12. The maximum absolute atomic E-state index is 12.1. The zero-order valence-corrected chi connectivity index (χ0v) is 12.4. The van der Waals surface area contributed by atoms with Crippen LogP contribution in [-0.4, -0.2) is 18.6 Å². The summed E-state index contributed by atoms with van der Waals surface area (Å²) in [7, 11) is 0. The maximum atomic E-state index is 12.1. The molecular formula is C17H12N2O5. The van der Waals surface area contributed by atoms with Crippen molar-refractivity contribution in [1.82, 2.24) is 10.9 Å². The van der Waals surface area contributed by atoms with Gasteiger partial charge in [0.25, 0.3) is 5.91 Å². The number of hydrogen-bond acceptors (Lipinski definition) is 5. The van der Waals surface area contributed by atoms with Gasteiger partial charge in [-0.3, -0.25) is 20.4 Å². The van der Waals surface area contributed by atoms with Gasteiger partial charge in [-0.1, -0.05) is 18.2 Å². The summed E-state index contributed by atoms with van der Waals surface area (Å²) < 4.78 is 15.8. The maximum Gasteiger partial charge on any atom is 0.305 e. The summed E-state index contributed by atoms with van der Waals surface area (Å²) in [5, 5.41) is 0.810. The molecule has 3 aromatic rings. The number of benzene rings is 2. The summed E-state index contributed by atoms with van der Waals surface area (Å²) in [5.74, 6) is 0.171. The van der Waals surface area contributed by atoms with Crippen LogP contribution in [0.3, 0.4) is 0 Å². The quantitative estimate of drug-likeness (QED) is 0.706. The molecule has 4 rings (SSSR count). The molecule has 1 aliphatic rings. The Bertz CT molecular complexity index is 914. The highest BCUT2D eigenvalue weighted by Crippen LogP contribution is 2.32.